The Hall–Kier alpha value is -3.67. The van der Waals surface area contributed by atoms with E-state index in [1.807, 2.05) is 34.6 Å². The first-order valence-corrected chi connectivity index (χ1v) is 23.0. The molecule has 0 spiro atoms. The molecule has 62 heavy (non-hydrogen) atoms. The van der Waals surface area contributed by atoms with E-state index in [1.165, 1.54) is 44.9 Å². The third-order valence-electron chi connectivity index (χ3n) is 10.2. The van der Waals surface area contributed by atoms with Gasteiger partial charge in [0.05, 0.1) is 45.7 Å². The van der Waals surface area contributed by atoms with Gasteiger partial charge in [0.15, 0.2) is 5.78 Å². The lowest BCUT2D eigenvalue weighted by Gasteiger charge is -2.29. The number of nitrogens with one attached hydrogen (secondary N) is 4. The monoisotopic (exact) mass is 887 g/mol. The lowest BCUT2D eigenvalue weighted by atomic mass is 9.81. The molecular weight excluding hydrogens is 805 g/mol. The Labute approximate surface area is 370 Å². The van der Waals surface area contributed by atoms with Crippen LogP contribution in [-0.2, 0) is 52.5 Å². The summed E-state index contributed by atoms with van der Waals surface area (Å²) >= 11 is 0. The smallest absolute Gasteiger partial charge is 0.326 e. The van der Waals surface area contributed by atoms with Crippen molar-refractivity contribution in [2.75, 3.05) is 65.9 Å². The number of Topliss-reactive ketones (excluding diaryl/α,β-unsaturated/α-hetero) is 1. The number of carboxylic acid groups (broad SMARTS) is 2. The van der Waals surface area contributed by atoms with Gasteiger partial charge in [-0.1, -0.05) is 118 Å². The van der Waals surface area contributed by atoms with Crippen molar-refractivity contribution in [3.8, 4) is 0 Å². The van der Waals surface area contributed by atoms with Gasteiger partial charge in [-0.3, -0.25) is 28.8 Å². The van der Waals surface area contributed by atoms with Crippen LogP contribution in [0.4, 0.5) is 0 Å². The van der Waals surface area contributed by atoms with Crippen molar-refractivity contribution in [2.45, 2.75) is 169 Å². The van der Waals surface area contributed by atoms with Gasteiger partial charge in [-0.15, -0.1) is 0 Å². The Kier molecular flexibility index (Phi) is 35.6. The van der Waals surface area contributed by atoms with E-state index >= 15 is 0 Å². The minimum atomic E-state index is -1.18. The van der Waals surface area contributed by atoms with E-state index in [9.17, 15) is 38.7 Å². The van der Waals surface area contributed by atoms with Crippen molar-refractivity contribution in [1.82, 2.24) is 21.3 Å². The third-order valence-corrected chi connectivity index (χ3v) is 10.2. The zero-order valence-corrected chi connectivity index (χ0v) is 38.6. The molecule has 0 fully saturated rings. The van der Waals surface area contributed by atoms with Crippen LogP contribution in [0.2, 0.25) is 0 Å². The van der Waals surface area contributed by atoms with Gasteiger partial charge in [0, 0.05) is 37.8 Å². The molecule has 3 atom stereocenters. The molecule has 0 rings (SSSR count). The van der Waals surface area contributed by atoms with Crippen LogP contribution in [0.5, 0.6) is 0 Å². The molecule has 0 radical (unpaired) electrons. The van der Waals surface area contributed by atoms with E-state index in [1.54, 1.807) is 0 Å². The van der Waals surface area contributed by atoms with Gasteiger partial charge in [-0.05, 0) is 25.2 Å². The maximum absolute atomic E-state index is 12.7. The number of carbonyl (C=O) groups is 7. The highest BCUT2D eigenvalue weighted by atomic mass is 16.5. The molecule has 0 saturated heterocycles. The average Bonchev–Trinajstić information content (AvgIpc) is 3.21. The van der Waals surface area contributed by atoms with Crippen molar-refractivity contribution < 1.29 is 62.7 Å². The van der Waals surface area contributed by atoms with Crippen LogP contribution in [0.15, 0.2) is 0 Å². The van der Waals surface area contributed by atoms with Crippen molar-refractivity contribution in [2.24, 2.45) is 11.3 Å². The molecule has 0 aliphatic rings. The molecule has 3 unspecified atom stereocenters. The van der Waals surface area contributed by atoms with Gasteiger partial charge in [0.25, 0.3) is 0 Å². The predicted octanol–water partition coefficient (Wildman–Crippen LogP) is 5.11. The SMILES string of the molecule is CCC(C)C(NC(=O)COCCOCCNC(=O)COCCOCCNC(=O)CCC(NC(=O)CCCCCCCCCCCCCCCCC(=O)O)C(=O)O)C(=O)C(C)(C)C. The first-order valence-electron chi connectivity index (χ1n) is 23.0. The highest BCUT2D eigenvalue weighted by Crippen LogP contribution is 2.22. The van der Waals surface area contributed by atoms with E-state index < -0.39 is 29.4 Å². The summed E-state index contributed by atoms with van der Waals surface area (Å²) in [5, 5.41) is 28.8. The topological polar surface area (TPSA) is 245 Å². The van der Waals surface area contributed by atoms with Crippen LogP contribution >= 0.6 is 0 Å². The Bertz CT molecular complexity index is 1260. The maximum atomic E-state index is 12.7. The van der Waals surface area contributed by atoms with Crippen LogP contribution in [0.25, 0.3) is 0 Å². The molecule has 6 N–H and O–H groups in total. The zero-order chi connectivity index (χ0) is 46.4. The Balaban J connectivity index is 3.78. The van der Waals surface area contributed by atoms with E-state index in [-0.39, 0.29) is 127 Å². The Morgan fingerprint density at radius 1 is 0.516 bits per heavy atom. The van der Waals surface area contributed by atoms with Gasteiger partial charge >= 0.3 is 11.9 Å². The summed E-state index contributed by atoms with van der Waals surface area (Å²) in [6.07, 6.45) is 16.2. The van der Waals surface area contributed by atoms with E-state index in [0.29, 0.717) is 6.42 Å². The van der Waals surface area contributed by atoms with Crippen LogP contribution in [0.1, 0.15) is 157 Å². The molecule has 17 heteroatoms. The first-order chi connectivity index (χ1) is 29.6. The highest BCUT2D eigenvalue weighted by molar-refractivity contribution is 5.93. The van der Waals surface area contributed by atoms with Gasteiger partial charge in [-0.25, -0.2) is 4.79 Å². The number of hydrogen-bond acceptors (Lipinski definition) is 11. The fourth-order valence-corrected chi connectivity index (χ4v) is 6.30. The second-order valence-corrected chi connectivity index (χ2v) is 16.9. The van der Waals surface area contributed by atoms with Gasteiger partial charge in [-0.2, -0.15) is 0 Å². The summed E-state index contributed by atoms with van der Waals surface area (Å²) in [5.74, 6) is -3.29. The average molecular weight is 887 g/mol. The quantitative estimate of drug-likeness (QED) is 0.0437. The number of amides is 4. The van der Waals surface area contributed by atoms with Crippen LogP contribution in [0, 0.1) is 11.3 Å². The fourth-order valence-electron chi connectivity index (χ4n) is 6.30. The minimum Gasteiger partial charge on any atom is -0.481 e. The normalized spacial score (nSPS) is 12.9. The maximum Gasteiger partial charge on any atom is 0.326 e. The lowest BCUT2D eigenvalue weighted by Crippen LogP contribution is -2.50. The molecule has 0 saturated carbocycles. The molecule has 0 aliphatic heterocycles. The van der Waals surface area contributed by atoms with Crippen molar-refractivity contribution >= 4 is 41.4 Å². The second kappa shape index (κ2) is 37.8. The number of carbonyl (C=O) groups excluding carboxylic acids is 5. The number of hydrogen-bond donors (Lipinski definition) is 6. The predicted molar refractivity (Wildman–Crippen MR) is 235 cm³/mol. The number of carboxylic acids is 2. The molecule has 4 amide bonds. The van der Waals surface area contributed by atoms with Gasteiger partial charge in [0.2, 0.25) is 23.6 Å². The van der Waals surface area contributed by atoms with E-state index in [2.05, 4.69) is 21.3 Å². The number of unbranched alkanes of at least 4 members (excludes halogenated alkanes) is 13. The standard InChI is InChI=1S/C45H82N4O13/c1-6-35(2)42(43(56)45(3,4)5)49-40(53)34-62-32-30-60-28-26-47-39(52)33-61-31-29-59-27-25-46-37(50)24-23-36(44(57)58)48-38(51)21-19-17-15-13-11-9-7-8-10-12-14-16-18-20-22-41(54)55/h35-36,42H,6-34H2,1-5H3,(H,46,50)(H,47,52)(H,48,51)(H,49,53)(H,54,55)(H,57,58). The molecular formula is C45H82N4O13. The number of ketones is 1. The molecule has 0 aromatic carbocycles. The first kappa shape index (κ1) is 58.3. The van der Waals surface area contributed by atoms with Crippen molar-refractivity contribution in [3.05, 3.63) is 0 Å². The van der Waals surface area contributed by atoms with E-state index in [0.717, 1.165) is 44.9 Å². The van der Waals surface area contributed by atoms with Gasteiger partial charge in [0.1, 0.15) is 19.3 Å². The van der Waals surface area contributed by atoms with Crippen LogP contribution in [0.3, 0.4) is 0 Å². The molecule has 0 aliphatic carbocycles. The number of aliphatic carboxylic acids is 2. The number of rotatable bonds is 42. The third kappa shape index (κ3) is 34.9. The summed E-state index contributed by atoms with van der Waals surface area (Å²) in [6.45, 7) is 10.7. The van der Waals surface area contributed by atoms with Crippen LogP contribution < -0.4 is 21.3 Å². The molecule has 17 nitrogen and oxygen atoms in total. The summed E-state index contributed by atoms with van der Waals surface area (Å²) in [5.41, 5.74) is -0.571. The highest BCUT2D eigenvalue weighted by Gasteiger charge is 2.33. The molecule has 0 aromatic heterocycles. The molecule has 0 heterocycles. The summed E-state index contributed by atoms with van der Waals surface area (Å²) in [6, 6.07) is -1.72. The molecule has 0 aromatic rings. The Morgan fingerprint density at radius 2 is 0.952 bits per heavy atom. The van der Waals surface area contributed by atoms with Crippen LogP contribution in [-0.4, -0.2) is 130 Å². The minimum absolute atomic E-state index is 0.000658. The summed E-state index contributed by atoms with van der Waals surface area (Å²) < 4.78 is 21.5. The molecule has 0 bridgehead atoms. The van der Waals surface area contributed by atoms with Crippen molar-refractivity contribution in [1.29, 1.82) is 0 Å². The number of ether oxygens (including phenoxy) is 4. The largest absolute Gasteiger partial charge is 0.481 e. The van der Waals surface area contributed by atoms with Crippen molar-refractivity contribution in [3.63, 3.8) is 0 Å². The zero-order valence-electron chi connectivity index (χ0n) is 38.6. The fraction of sp³-hybridized carbons (Fsp3) is 0.844. The molecule has 360 valence electrons. The van der Waals surface area contributed by atoms with E-state index in [4.69, 9.17) is 24.1 Å². The summed E-state index contributed by atoms with van der Waals surface area (Å²) in [4.78, 5) is 83.8. The van der Waals surface area contributed by atoms with Gasteiger partial charge < -0.3 is 50.4 Å². The lowest BCUT2D eigenvalue weighted by molar-refractivity contribution is -0.142. The second-order valence-electron chi connectivity index (χ2n) is 16.9. The summed E-state index contributed by atoms with van der Waals surface area (Å²) in [7, 11) is 0. The Morgan fingerprint density at radius 3 is 1.40 bits per heavy atom.